The van der Waals surface area contributed by atoms with E-state index in [4.69, 9.17) is 4.42 Å². The van der Waals surface area contributed by atoms with Crippen LogP contribution in [0.2, 0.25) is 0 Å². The van der Waals surface area contributed by atoms with Crippen molar-refractivity contribution in [3.05, 3.63) is 41.4 Å². The molecule has 0 atom stereocenters. The van der Waals surface area contributed by atoms with E-state index in [9.17, 15) is 13.2 Å². The lowest BCUT2D eigenvalue weighted by Gasteiger charge is -2.06. The lowest BCUT2D eigenvalue weighted by Crippen LogP contribution is -2.21. The van der Waals surface area contributed by atoms with Crippen LogP contribution < -0.4 is 10.6 Å². The first-order valence-electron chi connectivity index (χ1n) is 5.05. The Hall–Kier alpha value is -2.62. The minimum absolute atomic E-state index is 0.0450. The lowest BCUT2D eigenvalue weighted by atomic mass is 10.3. The van der Waals surface area contributed by atoms with E-state index in [1.54, 1.807) is 0 Å². The average Bonchev–Trinajstić information content (AvgIpc) is 2.95. The highest BCUT2D eigenvalue weighted by atomic mass is 32.2. The summed E-state index contributed by atoms with van der Waals surface area (Å²) < 4.78 is 30.0. The van der Waals surface area contributed by atoms with Crippen LogP contribution >= 0.6 is 0 Å². The van der Waals surface area contributed by atoms with Gasteiger partial charge in [-0.3, -0.25) is 4.98 Å². The Morgan fingerprint density at radius 1 is 1.26 bits per heavy atom. The van der Waals surface area contributed by atoms with E-state index in [1.165, 1.54) is 30.9 Å². The summed E-state index contributed by atoms with van der Waals surface area (Å²) in [7, 11) is -3.81. The zero-order chi connectivity index (χ0) is 13.5. The van der Waals surface area contributed by atoms with E-state index in [-0.39, 0.29) is 10.5 Å². The van der Waals surface area contributed by atoms with Gasteiger partial charge in [0.05, 0.1) is 10.4 Å². The quantitative estimate of drug-likeness (QED) is 0.676. The van der Waals surface area contributed by atoms with Crippen LogP contribution in [0.3, 0.4) is 0 Å². The topological polar surface area (TPSA) is 123 Å². The summed E-state index contributed by atoms with van der Waals surface area (Å²) in [5, 5.41) is 6.95. The summed E-state index contributed by atoms with van der Waals surface area (Å²) in [6, 6.07) is 4.04. The number of hydrogen-bond donors (Lipinski definition) is 2. The molecule has 19 heavy (non-hydrogen) atoms. The van der Waals surface area contributed by atoms with Crippen molar-refractivity contribution >= 4 is 21.1 Å². The molecule has 3 rings (SSSR count). The number of nitrogens with zero attached hydrogens (tertiary/aromatic N) is 3. The van der Waals surface area contributed by atoms with Gasteiger partial charge in [0.15, 0.2) is 5.58 Å². The highest BCUT2D eigenvalue weighted by molar-refractivity contribution is 7.92. The second-order valence-corrected chi connectivity index (χ2v) is 5.30. The molecule has 3 aromatic rings. The molecular weight excluding hydrogens is 274 g/mol. The highest BCUT2D eigenvalue weighted by Gasteiger charge is 2.16. The molecule has 2 aromatic heterocycles. The van der Waals surface area contributed by atoms with Gasteiger partial charge in [-0.1, -0.05) is 0 Å². The van der Waals surface area contributed by atoms with Crippen LogP contribution in [0.15, 0.2) is 45.0 Å². The van der Waals surface area contributed by atoms with Gasteiger partial charge in [-0.2, -0.15) is 8.42 Å². The molecule has 0 aliphatic rings. The van der Waals surface area contributed by atoms with Crippen LogP contribution in [0.1, 0.15) is 0 Å². The Morgan fingerprint density at radius 3 is 2.74 bits per heavy atom. The molecule has 0 fully saturated rings. The minimum atomic E-state index is -3.81. The van der Waals surface area contributed by atoms with Crippen LogP contribution in [0.4, 0.5) is 0 Å². The second-order valence-electron chi connectivity index (χ2n) is 3.64. The molecule has 0 aliphatic heterocycles. The number of H-pyrrole nitrogens is 1. The number of aromatic nitrogens is 4. The van der Waals surface area contributed by atoms with Gasteiger partial charge in [-0.15, -0.1) is 10.2 Å². The molecule has 9 nitrogen and oxygen atoms in total. The highest BCUT2D eigenvalue weighted by Crippen LogP contribution is 2.16. The normalized spacial score (nSPS) is 11.8. The summed E-state index contributed by atoms with van der Waals surface area (Å²) >= 11 is 0. The van der Waals surface area contributed by atoms with E-state index in [0.29, 0.717) is 5.52 Å². The van der Waals surface area contributed by atoms with Crippen molar-refractivity contribution < 1.29 is 12.8 Å². The Balaban J connectivity index is 2.05. The molecule has 0 saturated heterocycles. The van der Waals surface area contributed by atoms with E-state index in [2.05, 4.69) is 20.0 Å². The maximum Gasteiger partial charge on any atom is 0.417 e. The number of nitrogens with one attached hydrogen (secondary N) is 2. The van der Waals surface area contributed by atoms with Crippen molar-refractivity contribution in [2.75, 3.05) is 4.83 Å². The molecule has 2 N–H and O–H groups in total. The van der Waals surface area contributed by atoms with Crippen molar-refractivity contribution in [2.24, 2.45) is 0 Å². The fraction of sp³-hybridized carbons (Fsp3) is 0. The van der Waals surface area contributed by atoms with E-state index >= 15 is 0 Å². The van der Waals surface area contributed by atoms with Gasteiger partial charge in [-0.05, 0) is 12.1 Å². The number of fused-ring (bicyclic) bond motifs is 1. The molecular formula is C9H7N5O4S. The zero-order valence-electron chi connectivity index (χ0n) is 9.27. The summed E-state index contributed by atoms with van der Waals surface area (Å²) in [6.45, 7) is 0. The molecule has 0 bridgehead atoms. The molecule has 1 aromatic carbocycles. The number of benzene rings is 1. The van der Waals surface area contributed by atoms with Gasteiger partial charge >= 0.3 is 5.76 Å². The van der Waals surface area contributed by atoms with Crippen molar-refractivity contribution in [1.82, 2.24) is 19.9 Å². The first-order chi connectivity index (χ1) is 9.04. The Bertz CT molecular complexity index is 877. The molecule has 0 spiro atoms. The molecule has 0 radical (unpaired) electrons. The number of sulfonamides is 1. The minimum Gasteiger partial charge on any atom is -0.408 e. The second kappa shape index (κ2) is 3.95. The van der Waals surface area contributed by atoms with Crippen molar-refractivity contribution in [3.8, 4) is 0 Å². The van der Waals surface area contributed by atoms with Crippen LogP contribution in [0.25, 0.3) is 11.1 Å². The Kier molecular flexibility index (Phi) is 2.38. The fourth-order valence-corrected chi connectivity index (χ4v) is 2.52. The van der Waals surface area contributed by atoms with Gasteiger partial charge in [0, 0.05) is 6.07 Å². The number of aromatic amines is 1. The largest absolute Gasteiger partial charge is 0.417 e. The number of hydrogen-bond acceptors (Lipinski definition) is 6. The maximum atomic E-state index is 12.0. The van der Waals surface area contributed by atoms with Crippen LogP contribution in [0.5, 0.6) is 0 Å². The number of rotatable bonds is 3. The molecule has 98 valence electrons. The maximum absolute atomic E-state index is 12.0. The Morgan fingerprint density at radius 2 is 2.00 bits per heavy atom. The van der Waals surface area contributed by atoms with E-state index in [1.807, 2.05) is 0 Å². The fourth-order valence-electron chi connectivity index (χ4n) is 1.53. The summed E-state index contributed by atoms with van der Waals surface area (Å²) in [5.74, 6) is -0.642. The van der Waals surface area contributed by atoms with Crippen LogP contribution in [-0.4, -0.2) is 28.3 Å². The van der Waals surface area contributed by atoms with Crippen molar-refractivity contribution in [3.63, 3.8) is 0 Å². The standard InChI is InChI=1S/C9H7N5O4S/c15-9-12-7-2-1-6(3-8(7)18-9)19(16,17)13-14-4-10-11-5-14/h1-5,13H,(H,12,15). The van der Waals surface area contributed by atoms with Gasteiger partial charge in [0.1, 0.15) is 12.7 Å². The molecule has 0 saturated carbocycles. The van der Waals surface area contributed by atoms with Crippen molar-refractivity contribution in [2.45, 2.75) is 4.90 Å². The molecule has 0 amide bonds. The third kappa shape index (κ3) is 2.08. The van der Waals surface area contributed by atoms with Gasteiger partial charge in [0.25, 0.3) is 10.0 Å². The first kappa shape index (κ1) is 11.5. The number of oxazole rings is 1. The third-order valence-corrected chi connectivity index (χ3v) is 3.67. The van der Waals surface area contributed by atoms with Crippen LogP contribution in [0, 0.1) is 0 Å². The summed E-state index contributed by atoms with van der Waals surface area (Å²) in [6.07, 6.45) is 2.40. The molecule has 10 heteroatoms. The SMILES string of the molecule is O=c1[nH]c2ccc(S(=O)(=O)Nn3cnnc3)cc2o1. The Labute approximate surface area is 105 Å². The molecule has 0 aliphatic carbocycles. The predicted molar refractivity (Wildman–Crippen MR) is 63.4 cm³/mol. The van der Waals surface area contributed by atoms with Gasteiger partial charge in [0.2, 0.25) is 0 Å². The molecule has 0 unspecified atom stereocenters. The van der Waals surface area contributed by atoms with E-state index < -0.39 is 15.8 Å². The predicted octanol–water partition coefficient (Wildman–Crippen LogP) is -0.355. The average molecular weight is 281 g/mol. The lowest BCUT2D eigenvalue weighted by molar-refractivity contribution is 0.554. The van der Waals surface area contributed by atoms with E-state index in [0.717, 1.165) is 4.68 Å². The third-order valence-electron chi connectivity index (χ3n) is 2.35. The summed E-state index contributed by atoms with van der Waals surface area (Å²) in [4.78, 5) is 15.6. The van der Waals surface area contributed by atoms with Gasteiger partial charge < -0.3 is 4.42 Å². The zero-order valence-corrected chi connectivity index (χ0v) is 10.1. The molecule has 2 heterocycles. The first-order valence-corrected chi connectivity index (χ1v) is 6.53. The van der Waals surface area contributed by atoms with Crippen LogP contribution in [-0.2, 0) is 10.0 Å². The monoisotopic (exact) mass is 281 g/mol. The smallest absolute Gasteiger partial charge is 0.408 e. The summed E-state index contributed by atoms with van der Waals surface area (Å²) in [5.41, 5.74) is 0.588. The van der Waals surface area contributed by atoms with Crippen molar-refractivity contribution in [1.29, 1.82) is 0 Å². The van der Waals surface area contributed by atoms with Gasteiger partial charge in [-0.25, -0.2) is 14.3 Å².